The van der Waals surface area contributed by atoms with Crippen molar-refractivity contribution < 1.29 is 24.2 Å². The van der Waals surface area contributed by atoms with Crippen molar-refractivity contribution in [2.45, 2.75) is 25.2 Å². The lowest BCUT2D eigenvalue weighted by Gasteiger charge is -2.14. The van der Waals surface area contributed by atoms with Crippen LogP contribution in [0.3, 0.4) is 0 Å². The molecule has 0 saturated carbocycles. The maximum Gasteiger partial charge on any atom is 0.407 e. The van der Waals surface area contributed by atoms with Crippen molar-refractivity contribution in [1.82, 2.24) is 10.6 Å². The fourth-order valence-corrected chi connectivity index (χ4v) is 3.48. The smallest absolute Gasteiger partial charge is 0.407 e. The normalized spacial score (nSPS) is 12.0. The van der Waals surface area contributed by atoms with E-state index < -0.39 is 12.1 Å². The molecule has 29 heavy (non-hydrogen) atoms. The molecule has 0 spiro atoms. The van der Waals surface area contributed by atoms with Crippen molar-refractivity contribution in [3.8, 4) is 11.1 Å². The molecule has 7 heteroatoms. The number of alkyl carbamates (subject to hydrolysis) is 1. The molecule has 7 nitrogen and oxygen atoms in total. The van der Waals surface area contributed by atoms with Gasteiger partial charge in [-0.05, 0) is 28.7 Å². The molecule has 1 aliphatic carbocycles. The zero-order valence-electron chi connectivity index (χ0n) is 16.0. The topological polar surface area (TPSA) is 105 Å². The summed E-state index contributed by atoms with van der Waals surface area (Å²) in [4.78, 5) is 34.1. The second-order valence-electron chi connectivity index (χ2n) is 6.85. The summed E-state index contributed by atoms with van der Waals surface area (Å²) in [6.07, 6.45) is -0.0679. The van der Waals surface area contributed by atoms with E-state index in [0.29, 0.717) is 13.0 Å². The number of rotatable bonds is 9. The summed E-state index contributed by atoms with van der Waals surface area (Å²) in [5.41, 5.74) is 4.61. The van der Waals surface area contributed by atoms with Crippen LogP contribution in [0.2, 0.25) is 0 Å². The van der Waals surface area contributed by atoms with E-state index in [2.05, 4.69) is 34.9 Å². The van der Waals surface area contributed by atoms with Gasteiger partial charge in [-0.1, -0.05) is 48.5 Å². The number of hydrogen-bond donors (Lipinski definition) is 3. The van der Waals surface area contributed by atoms with E-state index in [1.165, 1.54) is 0 Å². The van der Waals surface area contributed by atoms with Gasteiger partial charge in [0.15, 0.2) is 0 Å². The number of hydrogen-bond acceptors (Lipinski definition) is 4. The Bertz CT molecular complexity index is 851. The number of carbonyl (C=O) groups excluding carboxylic acids is 2. The third-order valence-electron chi connectivity index (χ3n) is 4.85. The van der Waals surface area contributed by atoms with Crippen LogP contribution >= 0.6 is 0 Å². The minimum absolute atomic E-state index is 0.00863. The van der Waals surface area contributed by atoms with Gasteiger partial charge in [-0.2, -0.15) is 0 Å². The van der Waals surface area contributed by atoms with Gasteiger partial charge in [0.05, 0.1) is 0 Å². The largest absolute Gasteiger partial charge is 0.481 e. The quantitative estimate of drug-likeness (QED) is 0.565. The molecule has 0 saturated heterocycles. The van der Waals surface area contributed by atoms with Gasteiger partial charge in [0, 0.05) is 31.8 Å². The second-order valence-corrected chi connectivity index (χ2v) is 6.85. The Hall–Kier alpha value is -3.35. The van der Waals surface area contributed by atoms with Crippen LogP contribution in [0.15, 0.2) is 48.5 Å². The number of carboxylic acid groups (broad SMARTS) is 1. The highest BCUT2D eigenvalue weighted by atomic mass is 16.5. The molecule has 0 aliphatic heterocycles. The van der Waals surface area contributed by atoms with Crippen molar-refractivity contribution in [1.29, 1.82) is 0 Å². The SMILES string of the molecule is O=C(O)CCCNC(=O)CCNC(=O)OCC1c2ccccc2-c2ccccc21. The van der Waals surface area contributed by atoms with Gasteiger partial charge in [-0.15, -0.1) is 0 Å². The highest BCUT2D eigenvalue weighted by Gasteiger charge is 2.28. The molecule has 0 bridgehead atoms. The predicted molar refractivity (Wildman–Crippen MR) is 108 cm³/mol. The Labute approximate surface area is 169 Å². The molecule has 2 aromatic rings. The van der Waals surface area contributed by atoms with E-state index >= 15 is 0 Å². The van der Waals surface area contributed by atoms with Crippen LogP contribution in [0.4, 0.5) is 4.79 Å². The fourth-order valence-electron chi connectivity index (χ4n) is 3.48. The lowest BCUT2D eigenvalue weighted by Crippen LogP contribution is -2.32. The van der Waals surface area contributed by atoms with Gasteiger partial charge in [0.2, 0.25) is 5.91 Å². The van der Waals surface area contributed by atoms with Crippen LogP contribution in [0.1, 0.15) is 36.3 Å². The van der Waals surface area contributed by atoms with Crippen LogP contribution in [-0.4, -0.2) is 42.8 Å². The molecular weight excluding hydrogens is 372 g/mol. The molecule has 0 unspecified atom stereocenters. The first-order valence-electron chi connectivity index (χ1n) is 9.63. The molecule has 0 radical (unpaired) electrons. The standard InChI is InChI=1S/C22H24N2O5/c25-20(23-12-5-10-21(26)27)11-13-24-22(28)29-14-19-17-8-3-1-6-15(17)16-7-2-4-9-18(16)19/h1-4,6-9,19H,5,10-14H2,(H,23,25)(H,24,28)(H,26,27). The van der Waals surface area contributed by atoms with Gasteiger partial charge in [0.1, 0.15) is 6.61 Å². The van der Waals surface area contributed by atoms with Gasteiger partial charge >= 0.3 is 12.1 Å². The fraction of sp³-hybridized carbons (Fsp3) is 0.318. The van der Waals surface area contributed by atoms with E-state index in [9.17, 15) is 14.4 Å². The number of fused-ring (bicyclic) bond motifs is 3. The van der Waals surface area contributed by atoms with E-state index in [1.54, 1.807) is 0 Å². The monoisotopic (exact) mass is 396 g/mol. The molecule has 3 rings (SSSR count). The van der Waals surface area contributed by atoms with Crippen LogP contribution in [-0.2, 0) is 14.3 Å². The number of benzene rings is 2. The van der Waals surface area contributed by atoms with Gasteiger partial charge in [-0.25, -0.2) is 4.79 Å². The molecule has 0 atom stereocenters. The number of carbonyl (C=O) groups is 3. The maximum atomic E-state index is 12.0. The Morgan fingerprint density at radius 2 is 1.48 bits per heavy atom. The van der Waals surface area contributed by atoms with Crippen LogP contribution in [0.5, 0.6) is 0 Å². The minimum Gasteiger partial charge on any atom is -0.481 e. The van der Waals surface area contributed by atoms with Crippen molar-refractivity contribution in [2.24, 2.45) is 0 Å². The van der Waals surface area contributed by atoms with E-state index in [0.717, 1.165) is 22.3 Å². The van der Waals surface area contributed by atoms with Crippen LogP contribution in [0.25, 0.3) is 11.1 Å². The predicted octanol–water partition coefficient (Wildman–Crippen LogP) is 2.90. The lowest BCUT2D eigenvalue weighted by atomic mass is 9.98. The molecule has 0 aromatic heterocycles. The van der Waals surface area contributed by atoms with E-state index in [1.807, 2.05) is 24.3 Å². The minimum atomic E-state index is -0.892. The molecular formula is C22H24N2O5. The zero-order valence-corrected chi connectivity index (χ0v) is 16.0. The highest BCUT2D eigenvalue weighted by molar-refractivity contribution is 5.79. The molecule has 0 heterocycles. The lowest BCUT2D eigenvalue weighted by molar-refractivity contribution is -0.137. The van der Waals surface area contributed by atoms with Gasteiger partial charge in [-0.3, -0.25) is 9.59 Å². The van der Waals surface area contributed by atoms with Crippen LogP contribution < -0.4 is 10.6 Å². The average molecular weight is 396 g/mol. The highest BCUT2D eigenvalue weighted by Crippen LogP contribution is 2.44. The third-order valence-corrected chi connectivity index (χ3v) is 4.85. The summed E-state index contributed by atoms with van der Waals surface area (Å²) >= 11 is 0. The van der Waals surface area contributed by atoms with Gasteiger partial charge in [0.25, 0.3) is 0 Å². The number of ether oxygens (including phenoxy) is 1. The number of aliphatic carboxylic acids is 1. The molecule has 3 N–H and O–H groups in total. The Balaban J connectivity index is 1.42. The Morgan fingerprint density at radius 3 is 2.10 bits per heavy atom. The molecule has 0 fully saturated rings. The number of amides is 2. The Kier molecular flexibility index (Phi) is 6.84. The summed E-state index contributed by atoms with van der Waals surface area (Å²) < 4.78 is 5.40. The summed E-state index contributed by atoms with van der Waals surface area (Å²) in [5, 5.41) is 13.7. The first kappa shape index (κ1) is 20.4. The molecule has 152 valence electrons. The van der Waals surface area contributed by atoms with Crippen LogP contribution in [0, 0.1) is 0 Å². The van der Waals surface area contributed by atoms with Crippen molar-refractivity contribution in [3.63, 3.8) is 0 Å². The van der Waals surface area contributed by atoms with Crippen molar-refractivity contribution in [2.75, 3.05) is 19.7 Å². The van der Waals surface area contributed by atoms with Gasteiger partial charge < -0.3 is 20.5 Å². The second kappa shape index (κ2) is 9.73. The number of carboxylic acids is 1. The summed E-state index contributed by atoms with van der Waals surface area (Å²) in [6, 6.07) is 16.2. The third kappa shape index (κ3) is 5.34. The van der Waals surface area contributed by atoms with E-state index in [4.69, 9.17) is 9.84 Å². The molecule has 1 aliphatic rings. The summed E-state index contributed by atoms with van der Waals surface area (Å²) in [7, 11) is 0. The first-order chi connectivity index (χ1) is 14.1. The average Bonchev–Trinajstić information content (AvgIpc) is 3.03. The maximum absolute atomic E-state index is 12.0. The summed E-state index contributed by atoms with van der Waals surface area (Å²) in [6.45, 7) is 0.679. The summed E-state index contributed by atoms with van der Waals surface area (Å²) in [5.74, 6) is -1.14. The van der Waals surface area contributed by atoms with Crippen molar-refractivity contribution >= 4 is 18.0 Å². The first-order valence-corrected chi connectivity index (χ1v) is 9.63. The Morgan fingerprint density at radius 1 is 0.862 bits per heavy atom. The molecule has 2 aromatic carbocycles. The zero-order chi connectivity index (χ0) is 20.6. The molecule has 2 amide bonds. The van der Waals surface area contributed by atoms with E-state index in [-0.39, 0.29) is 37.8 Å². The van der Waals surface area contributed by atoms with Crippen molar-refractivity contribution in [3.05, 3.63) is 59.7 Å². The number of nitrogens with one attached hydrogen (secondary N) is 2.